The molecule has 0 amide bonds. The normalized spacial score (nSPS) is 12.2. The van der Waals surface area contributed by atoms with Gasteiger partial charge in [-0.2, -0.15) is 0 Å². The van der Waals surface area contributed by atoms with Gasteiger partial charge in [-0.3, -0.25) is 4.98 Å². The van der Waals surface area contributed by atoms with Crippen LogP contribution in [0.4, 0.5) is 4.39 Å². The van der Waals surface area contributed by atoms with E-state index < -0.39 is 0 Å². The molecule has 0 aliphatic carbocycles. The molecule has 0 aliphatic rings. The summed E-state index contributed by atoms with van der Waals surface area (Å²) in [5.41, 5.74) is 1.43. The zero-order chi connectivity index (χ0) is 15.2. The Kier molecular flexibility index (Phi) is 5.70. The first-order valence-corrected chi connectivity index (χ1v) is 7.65. The molecule has 1 heterocycles. The predicted molar refractivity (Wildman–Crippen MR) is 85.0 cm³/mol. The lowest BCUT2D eigenvalue weighted by molar-refractivity contribution is 0.315. The number of hydrogen-bond acceptors (Lipinski definition) is 3. The highest BCUT2D eigenvalue weighted by Crippen LogP contribution is 2.29. The molecule has 1 aromatic carbocycles. The summed E-state index contributed by atoms with van der Waals surface area (Å²) in [7, 11) is 1.80. The number of ether oxygens (including phenoxy) is 1. The van der Waals surface area contributed by atoms with Crippen molar-refractivity contribution in [3.8, 4) is 5.75 Å². The van der Waals surface area contributed by atoms with Gasteiger partial charge in [-0.05, 0) is 47.1 Å². The lowest BCUT2D eigenvalue weighted by atomic mass is 10.00. The first-order valence-electron chi connectivity index (χ1n) is 6.86. The Labute approximate surface area is 132 Å². The number of halogens is 2. The molecule has 0 saturated carbocycles. The molecule has 0 radical (unpaired) electrons. The monoisotopic (exact) mass is 352 g/mol. The van der Waals surface area contributed by atoms with Gasteiger partial charge in [0.25, 0.3) is 0 Å². The van der Waals surface area contributed by atoms with Gasteiger partial charge >= 0.3 is 0 Å². The van der Waals surface area contributed by atoms with Gasteiger partial charge in [0.2, 0.25) is 0 Å². The smallest absolute Gasteiger partial charge is 0.142 e. The van der Waals surface area contributed by atoms with Crippen molar-refractivity contribution >= 4 is 15.9 Å². The first kappa shape index (κ1) is 15.9. The average Bonchev–Trinajstić information content (AvgIpc) is 2.50. The maximum atomic E-state index is 14.3. The minimum atomic E-state index is -0.278. The first-order chi connectivity index (χ1) is 10.2. The minimum Gasteiger partial charge on any atom is -0.492 e. The van der Waals surface area contributed by atoms with Crippen molar-refractivity contribution in [2.45, 2.75) is 19.4 Å². The number of benzene rings is 1. The standard InChI is InChI=1S/C16H18BrFN2O/c1-3-7-21-12-8-11(9-20-10-12)16(19-2)13-5-4-6-14(17)15(13)18/h4-6,8-10,16,19H,3,7H2,1-2H3. The van der Waals surface area contributed by atoms with Crippen molar-refractivity contribution in [1.29, 1.82) is 0 Å². The second-order valence-corrected chi connectivity index (χ2v) is 5.52. The Bertz CT molecular complexity index is 607. The van der Waals surface area contributed by atoms with Crippen LogP contribution in [0.15, 0.2) is 41.1 Å². The van der Waals surface area contributed by atoms with Gasteiger partial charge in [0.1, 0.15) is 11.6 Å². The molecular weight excluding hydrogens is 335 g/mol. The summed E-state index contributed by atoms with van der Waals surface area (Å²) in [5.74, 6) is 0.432. The fourth-order valence-electron chi connectivity index (χ4n) is 2.14. The molecule has 2 rings (SSSR count). The fourth-order valence-corrected chi connectivity index (χ4v) is 2.52. The zero-order valence-corrected chi connectivity index (χ0v) is 13.7. The van der Waals surface area contributed by atoms with Crippen LogP contribution in [0.3, 0.4) is 0 Å². The lowest BCUT2D eigenvalue weighted by Gasteiger charge is -2.19. The van der Waals surface area contributed by atoms with Crippen LogP contribution in [0.25, 0.3) is 0 Å². The number of nitrogens with zero attached hydrogens (tertiary/aromatic N) is 1. The topological polar surface area (TPSA) is 34.1 Å². The Morgan fingerprint density at radius 3 is 2.90 bits per heavy atom. The summed E-state index contributed by atoms with van der Waals surface area (Å²) in [6.45, 7) is 2.69. The number of pyridine rings is 1. The quantitative estimate of drug-likeness (QED) is 0.850. The Morgan fingerprint density at radius 2 is 2.19 bits per heavy atom. The number of nitrogens with one attached hydrogen (secondary N) is 1. The molecule has 0 aliphatic heterocycles. The number of rotatable bonds is 6. The van der Waals surface area contributed by atoms with Crippen LogP contribution in [0.2, 0.25) is 0 Å². The van der Waals surface area contributed by atoms with Gasteiger partial charge in [0.05, 0.1) is 23.3 Å². The van der Waals surface area contributed by atoms with Crippen LogP contribution >= 0.6 is 15.9 Å². The molecule has 1 unspecified atom stereocenters. The zero-order valence-electron chi connectivity index (χ0n) is 12.1. The van der Waals surface area contributed by atoms with Crippen molar-refractivity contribution in [3.63, 3.8) is 0 Å². The highest BCUT2D eigenvalue weighted by molar-refractivity contribution is 9.10. The molecule has 2 aromatic rings. The third-order valence-corrected chi connectivity index (χ3v) is 3.73. The van der Waals surface area contributed by atoms with E-state index in [1.165, 1.54) is 0 Å². The van der Waals surface area contributed by atoms with E-state index in [4.69, 9.17) is 4.74 Å². The molecule has 112 valence electrons. The van der Waals surface area contributed by atoms with Crippen molar-refractivity contribution in [2.24, 2.45) is 0 Å². The van der Waals surface area contributed by atoms with Crippen LogP contribution in [-0.4, -0.2) is 18.6 Å². The fraction of sp³-hybridized carbons (Fsp3) is 0.312. The maximum absolute atomic E-state index is 14.3. The summed E-state index contributed by atoms with van der Waals surface area (Å²) < 4.78 is 20.3. The van der Waals surface area contributed by atoms with Crippen molar-refractivity contribution < 1.29 is 9.13 Å². The van der Waals surface area contributed by atoms with Crippen LogP contribution in [0.1, 0.15) is 30.5 Å². The van der Waals surface area contributed by atoms with E-state index in [1.807, 2.05) is 19.1 Å². The summed E-state index contributed by atoms with van der Waals surface area (Å²) >= 11 is 3.22. The lowest BCUT2D eigenvalue weighted by Crippen LogP contribution is -2.19. The van der Waals surface area contributed by atoms with Crippen molar-refractivity contribution in [3.05, 3.63) is 58.1 Å². The third-order valence-electron chi connectivity index (χ3n) is 3.12. The molecule has 0 bridgehead atoms. The Morgan fingerprint density at radius 1 is 1.38 bits per heavy atom. The molecule has 1 N–H and O–H groups in total. The van der Waals surface area contributed by atoms with Crippen LogP contribution in [-0.2, 0) is 0 Å². The van der Waals surface area contributed by atoms with Crippen molar-refractivity contribution in [1.82, 2.24) is 10.3 Å². The third kappa shape index (κ3) is 3.80. The van der Waals surface area contributed by atoms with Crippen LogP contribution in [0, 0.1) is 5.82 Å². The predicted octanol–water partition coefficient (Wildman–Crippen LogP) is 4.08. The van der Waals surface area contributed by atoms with Crippen LogP contribution in [0.5, 0.6) is 5.75 Å². The second kappa shape index (κ2) is 7.52. The van der Waals surface area contributed by atoms with E-state index in [1.54, 1.807) is 31.6 Å². The molecule has 1 atom stereocenters. The van der Waals surface area contributed by atoms with Gasteiger partial charge in [-0.1, -0.05) is 19.1 Å². The molecule has 0 spiro atoms. The minimum absolute atomic E-state index is 0.267. The summed E-state index contributed by atoms with van der Waals surface area (Å²) in [4.78, 5) is 4.18. The van der Waals surface area contributed by atoms with Gasteiger partial charge in [-0.15, -0.1) is 0 Å². The summed E-state index contributed by atoms with van der Waals surface area (Å²) in [6.07, 6.45) is 4.32. The molecular formula is C16H18BrFN2O. The Hall–Kier alpha value is -1.46. The molecule has 0 fully saturated rings. The highest BCUT2D eigenvalue weighted by Gasteiger charge is 2.18. The van der Waals surface area contributed by atoms with Gasteiger partial charge < -0.3 is 10.1 Å². The largest absolute Gasteiger partial charge is 0.492 e. The SMILES string of the molecule is CCCOc1cncc(C(NC)c2cccc(Br)c2F)c1. The molecule has 3 nitrogen and oxygen atoms in total. The van der Waals surface area contributed by atoms with E-state index in [0.717, 1.165) is 12.0 Å². The molecule has 0 saturated heterocycles. The van der Waals surface area contributed by atoms with E-state index in [2.05, 4.69) is 26.2 Å². The van der Waals surface area contributed by atoms with Crippen LogP contribution < -0.4 is 10.1 Å². The highest BCUT2D eigenvalue weighted by atomic mass is 79.9. The van der Waals surface area contributed by atoms with E-state index in [0.29, 0.717) is 22.4 Å². The summed E-state index contributed by atoms with van der Waals surface area (Å²) in [5, 5.41) is 3.13. The number of aromatic nitrogens is 1. The molecule has 1 aromatic heterocycles. The van der Waals surface area contributed by atoms with Crippen molar-refractivity contribution in [2.75, 3.05) is 13.7 Å². The van der Waals surface area contributed by atoms with Gasteiger partial charge in [-0.25, -0.2) is 4.39 Å². The molecule has 21 heavy (non-hydrogen) atoms. The van der Waals surface area contributed by atoms with E-state index in [9.17, 15) is 4.39 Å². The van der Waals surface area contributed by atoms with Gasteiger partial charge in [0.15, 0.2) is 0 Å². The average molecular weight is 353 g/mol. The second-order valence-electron chi connectivity index (χ2n) is 4.67. The maximum Gasteiger partial charge on any atom is 0.142 e. The summed E-state index contributed by atoms with van der Waals surface area (Å²) in [6, 6.07) is 6.88. The van der Waals surface area contributed by atoms with E-state index in [-0.39, 0.29) is 11.9 Å². The van der Waals surface area contributed by atoms with Gasteiger partial charge in [0, 0.05) is 11.8 Å². The number of hydrogen-bond donors (Lipinski definition) is 1. The Balaban J connectivity index is 2.35. The molecule has 5 heteroatoms. The van der Waals surface area contributed by atoms with E-state index >= 15 is 0 Å².